The van der Waals surface area contributed by atoms with Gasteiger partial charge in [-0.3, -0.25) is 10.1 Å². The average Bonchev–Trinajstić information content (AvgIpc) is 2.85. The van der Waals surface area contributed by atoms with Crippen LogP contribution in [-0.2, 0) is 11.2 Å². The van der Waals surface area contributed by atoms with E-state index in [1.165, 1.54) is 5.56 Å². The highest BCUT2D eigenvalue weighted by atomic mass is 16.4. The van der Waals surface area contributed by atoms with E-state index in [0.717, 1.165) is 5.56 Å². The van der Waals surface area contributed by atoms with Crippen LogP contribution in [-0.4, -0.2) is 16.1 Å². The maximum Gasteiger partial charge on any atom is 0.322 e. The molecule has 1 amide bonds. The lowest BCUT2D eigenvalue weighted by atomic mass is 9.96. The van der Waals surface area contributed by atoms with Crippen LogP contribution in [0.15, 0.2) is 28.7 Å². The third-order valence-corrected chi connectivity index (χ3v) is 3.37. The molecule has 0 unspecified atom stereocenters. The van der Waals surface area contributed by atoms with Crippen molar-refractivity contribution in [2.75, 3.05) is 5.32 Å². The van der Waals surface area contributed by atoms with Gasteiger partial charge in [0.05, 0.1) is 6.42 Å². The number of aromatic nitrogens is 2. The van der Waals surface area contributed by atoms with Crippen molar-refractivity contribution in [2.45, 2.75) is 47.0 Å². The normalized spacial score (nSPS) is 11.7. The van der Waals surface area contributed by atoms with E-state index in [9.17, 15) is 4.79 Å². The van der Waals surface area contributed by atoms with Gasteiger partial charge in [-0.1, -0.05) is 64.0 Å². The van der Waals surface area contributed by atoms with E-state index in [1.807, 2.05) is 20.8 Å². The lowest BCUT2D eigenvalue weighted by Crippen LogP contribution is -2.27. The van der Waals surface area contributed by atoms with Crippen LogP contribution in [0.4, 0.5) is 6.01 Å². The second-order valence-electron chi connectivity index (χ2n) is 6.78. The summed E-state index contributed by atoms with van der Waals surface area (Å²) in [6.45, 7) is 9.82. The lowest BCUT2D eigenvalue weighted by molar-refractivity contribution is -0.123. The molecule has 0 aliphatic heterocycles. The lowest BCUT2D eigenvalue weighted by Gasteiger charge is -2.15. The number of carbonyl (C=O) groups excluding carboxylic acids is 1. The highest BCUT2D eigenvalue weighted by molar-refractivity contribution is 5.92. The topological polar surface area (TPSA) is 68.0 Å². The second-order valence-corrected chi connectivity index (χ2v) is 6.78. The molecule has 0 fully saturated rings. The molecule has 5 heteroatoms. The predicted molar refractivity (Wildman–Crippen MR) is 85.7 cm³/mol. The molecule has 118 valence electrons. The summed E-state index contributed by atoms with van der Waals surface area (Å²) in [6, 6.07) is 8.49. The second kappa shape index (κ2) is 6.30. The Morgan fingerprint density at radius 3 is 2.36 bits per heavy atom. The highest BCUT2D eigenvalue weighted by Gasteiger charge is 2.23. The van der Waals surface area contributed by atoms with Crippen molar-refractivity contribution in [3.05, 3.63) is 41.3 Å². The van der Waals surface area contributed by atoms with E-state index in [4.69, 9.17) is 4.42 Å². The fraction of sp³-hybridized carbons (Fsp3) is 0.471. The minimum Gasteiger partial charge on any atom is -0.407 e. The number of benzene rings is 1. The number of rotatable bonds is 4. The van der Waals surface area contributed by atoms with E-state index in [-0.39, 0.29) is 11.9 Å². The third-order valence-electron chi connectivity index (χ3n) is 3.37. The van der Waals surface area contributed by atoms with Crippen LogP contribution >= 0.6 is 0 Å². The summed E-state index contributed by atoms with van der Waals surface area (Å²) in [5, 5.41) is 10.5. The first-order chi connectivity index (χ1) is 10.3. The molecule has 0 spiro atoms. The monoisotopic (exact) mass is 301 g/mol. The molecule has 1 heterocycles. The molecular weight excluding hydrogens is 278 g/mol. The summed E-state index contributed by atoms with van der Waals surface area (Å²) in [5.41, 5.74) is 1.90. The summed E-state index contributed by atoms with van der Waals surface area (Å²) >= 11 is 0. The van der Waals surface area contributed by atoms with Gasteiger partial charge in [-0.25, -0.2) is 0 Å². The SMILES string of the molecule is CC(C)c1ccc(Cc2nnc(NC(=O)C(C)(C)C)o2)cc1. The Balaban J connectivity index is 2.01. The molecule has 0 saturated carbocycles. The molecule has 1 N–H and O–H groups in total. The molecule has 22 heavy (non-hydrogen) atoms. The first kappa shape index (κ1) is 16.2. The van der Waals surface area contributed by atoms with Gasteiger partial charge in [-0.05, 0) is 17.0 Å². The van der Waals surface area contributed by atoms with Crippen LogP contribution < -0.4 is 5.32 Å². The number of hydrogen-bond acceptors (Lipinski definition) is 4. The zero-order valence-corrected chi connectivity index (χ0v) is 13.8. The summed E-state index contributed by atoms with van der Waals surface area (Å²) in [4.78, 5) is 11.9. The maximum absolute atomic E-state index is 11.9. The molecule has 0 bridgehead atoms. The Labute approximate surface area is 131 Å². The van der Waals surface area contributed by atoms with E-state index in [0.29, 0.717) is 18.2 Å². The zero-order valence-electron chi connectivity index (χ0n) is 13.8. The Hall–Kier alpha value is -2.17. The van der Waals surface area contributed by atoms with Gasteiger partial charge < -0.3 is 4.42 Å². The molecule has 0 atom stereocenters. The first-order valence-corrected chi connectivity index (χ1v) is 7.48. The van der Waals surface area contributed by atoms with Gasteiger partial charge in [0.1, 0.15) is 0 Å². The molecule has 0 radical (unpaired) electrons. The Bertz CT molecular complexity index is 637. The van der Waals surface area contributed by atoms with Gasteiger partial charge in [-0.2, -0.15) is 0 Å². The molecular formula is C17H23N3O2. The number of anilines is 1. The quantitative estimate of drug-likeness (QED) is 0.933. The Morgan fingerprint density at radius 2 is 1.82 bits per heavy atom. The molecule has 1 aromatic carbocycles. The van der Waals surface area contributed by atoms with Crippen molar-refractivity contribution in [1.29, 1.82) is 0 Å². The predicted octanol–water partition coefficient (Wildman–Crippen LogP) is 3.77. The van der Waals surface area contributed by atoms with E-state index in [2.05, 4.69) is 53.6 Å². The van der Waals surface area contributed by atoms with Crippen molar-refractivity contribution < 1.29 is 9.21 Å². The van der Waals surface area contributed by atoms with Gasteiger partial charge >= 0.3 is 6.01 Å². The molecule has 0 aliphatic rings. The molecule has 0 saturated heterocycles. The van der Waals surface area contributed by atoms with Crippen LogP contribution in [0.2, 0.25) is 0 Å². The average molecular weight is 301 g/mol. The van der Waals surface area contributed by atoms with Crippen molar-refractivity contribution in [2.24, 2.45) is 5.41 Å². The van der Waals surface area contributed by atoms with E-state index in [1.54, 1.807) is 0 Å². The van der Waals surface area contributed by atoms with Crippen molar-refractivity contribution in [3.63, 3.8) is 0 Å². The molecule has 2 aromatic rings. The van der Waals surface area contributed by atoms with Crippen LogP contribution in [0.25, 0.3) is 0 Å². The van der Waals surface area contributed by atoms with Crippen LogP contribution in [0.1, 0.15) is 57.6 Å². The van der Waals surface area contributed by atoms with Crippen molar-refractivity contribution in [1.82, 2.24) is 10.2 Å². The number of hydrogen-bond donors (Lipinski definition) is 1. The van der Waals surface area contributed by atoms with E-state index < -0.39 is 5.41 Å². The minimum atomic E-state index is -0.499. The van der Waals surface area contributed by atoms with Crippen LogP contribution in [0.5, 0.6) is 0 Å². The van der Waals surface area contributed by atoms with Gasteiger partial charge in [0.2, 0.25) is 11.8 Å². The number of carbonyl (C=O) groups is 1. The fourth-order valence-corrected chi connectivity index (χ4v) is 1.86. The van der Waals surface area contributed by atoms with Gasteiger partial charge in [-0.15, -0.1) is 5.10 Å². The third kappa shape index (κ3) is 4.16. The summed E-state index contributed by atoms with van der Waals surface area (Å²) in [5.74, 6) is 0.849. The number of amides is 1. The fourth-order valence-electron chi connectivity index (χ4n) is 1.86. The highest BCUT2D eigenvalue weighted by Crippen LogP contribution is 2.19. The summed E-state index contributed by atoms with van der Waals surface area (Å²) < 4.78 is 5.48. The summed E-state index contributed by atoms with van der Waals surface area (Å²) in [6.07, 6.45) is 0.552. The number of nitrogens with zero attached hydrogens (tertiary/aromatic N) is 2. The molecule has 5 nitrogen and oxygen atoms in total. The Kier molecular flexibility index (Phi) is 4.64. The van der Waals surface area contributed by atoms with Crippen molar-refractivity contribution >= 4 is 11.9 Å². The Morgan fingerprint density at radius 1 is 1.18 bits per heavy atom. The van der Waals surface area contributed by atoms with Gasteiger partial charge in [0, 0.05) is 5.41 Å². The van der Waals surface area contributed by atoms with Crippen LogP contribution in [0, 0.1) is 5.41 Å². The largest absolute Gasteiger partial charge is 0.407 e. The standard InChI is InChI=1S/C17H23N3O2/c1-11(2)13-8-6-12(7-9-13)10-14-19-20-16(22-14)18-15(21)17(3,4)5/h6-9,11H,10H2,1-5H3,(H,18,20,21). The van der Waals surface area contributed by atoms with E-state index >= 15 is 0 Å². The molecule has 0 aliphatic carbocycles. The maximum atomic E-state index is 11.9. The number of nitrogens with one attached hydrogen (secondary N) is 1. The van der Waals surface area contributed by atoms with Crippen molar-refractivity contribution in [3.8, 4) is 0 Å². The smallest absolute Gasteiger partial charge is 0.322 e. The van der Waals surface area contributed by atoms with Crippen LogP contribution in [0.3, 0.4) is 0 Å². The minimum absolute atomic E-state index is 0.147. The first-order valence-electron chi connectivity index (χ1n) is 7.48. The summed E-state index contributed by atoms with van der Waals surface area (Å²) in [7, 11) is 0. The van der Waals surface area contributed by atoms with Gasteiger partial charge in [0.15, 0.2) is 0 Å². The molecule has 2 rings (SSSR count). The zero-order chi connectivity index (χ0) is 16.3. The van der Waals surface area contributed by atoms with Gasteiger partial charge in [0.25, 0.3) is 0 Å². The molecule has 1 aromatic heterocycles.